The molecule has 0 aromatic carbocycles. The average molecular weight is 363 g/mol. The summed E-state index contributed by atoms with van der Waals surface area (Å²) < 4.78 is 0. The van der Waals surface area contributed by atoms with Gasteiger partial charge in [0.1, 0.15) is 0 Å². The Morgan fingerprint density at radius 2 is 2.00 bits per heavy atom. The summed E-state index contributed by atoms with van der Waals surface area (Å²) in [7, 11) is 0. The summed E-state index contributed by atoms with van der Waals surface area (Å²) in [6, 6.07) is 4.30. The van der Waals surface area contributed by atoms with Crippen molar-refractivity contribution in [3.05, 3.63) is 47.8 Å². The molecule has 4 aliphatic carbocycles. The summed E-state index contributed by atoms with van der Waals surface area (Å²) in [5.41, 5.74) is 5.89. The smallest absolute Gasteiger partial charge is 0.0795 e. The topological polar surface area (TPSA) is 45.5 Å². The lowest BCUT2D eigenvalue weighted by Crippen LogP contribution is -2.49. The largest absolute Gasteiger partial charge is 0.411 e. The van der Waals surface area contributed by atoms with Crippen LogP contribution in [0.1, 0.15) is 64.4 Å². The molecule has 0 amide bonds. The fourth-order valence-corrected chi connectivity index (χ4v) is 7.19. The molecule has 0 aliphatic heterocycles. The van der Waals surface area contributed by atoms with E-state index < -0.39 is 0 Å². The third kappa shape index (κ3) is 2.40. The van der Waals surface area contributed by atoms with Gasteiger partial charge in [-0.2, -0.15) is 0 Å². The second-order valence-corrected chi connectivity index (χ2v) is 9.65. The van der Waals surface area contributed by atoms with Crippen LogP contribution in [0, 0.1) is 28.6 Å². The second-order valence-electron chi connectivity index (χ2n) is 9.65. The summed E-state index contributed by atoms with van der Waals surface area (Å²) in [6.07, 6.45) is 17.0. The third-order valence-electron chi connectivity index (χ3n) is 8.66. The van der Waals surface area contributed by atoms with Gasteiger partial charge in [-0.05, 0) is 96.8 Å². The Labute approximate surface area is 162 Å². The Bertz CT molecular complexity index is 839. The van der Waals surface area contributed by atoms with Gasteiger partial charge in [-0.25, -0.2) is 0 Å². The van der Waals surface area contributed by atoms with Crippen molar-refractivity contribution in [1.29, 1.82) is 0 Å². The normalized spacial score (nSPS) is 42.0. The minimum absolute atomic E-state index is 0.300. The molecule has 2 fully saturated rings. The second kappa shape index (κ2) is 6.05. The van der Waals surface area contributed by atoms with E-state index in [-0.39, 0.29) is 0 Å². The van der Waals surface area contributed by atoms with E-state index in [1.807, 2.05) is 12.4 Å². The first-order valence-electron chi connectivity index (χ1n) is 10.6. The molecule has 1 aromatic rings. The van der Waals surface area contributed by atoms with E-state index in [2.05, 4.69) is 48.3 Å². The Morgan fingerprint density at radius 3 is 2.78 bits per heavy atom. The van der Waals surface area contributed by atoms with Gasteiger partial charge in [0.05, 0.1) is 5.71 Å². The predicted molar refractivity (Wildman–Crippen MR) is 109 cm³/mol. The van der Waals surface area contributed by atoms with E-state index in [1.54, 1.807) is 11.1 Å². The number of rotatable bonds is 1. The molecule has 5 rings (SSSR count). The molecular weight excluding hydrogens is 332 g/mol. The Kier molecular flexibility index (Phi) is 3.86. The van der Waals surface area contributed by atoms with E-state index in [4.69, 9.17) is 0 Å². The van der Waals surface area contributed by atoms with E-state index in [0.717, 1.165) is 36.3 Å². The van der Waals surface area contributed by atoms with Crippen molar-refractivity contribution in [3.63, 3.8) is 0 Å². The van der Waals surface area contributed by atoms with Gasteiger partial charge >= 0.3 is 0 Å². The summed E-state index contributed by atoms with van der Waals surface area (Å²) in [6.45, 7) is 5.02. The van der Waals surface area contributed by atoms with Crippen LogP contribution in [0.2, 0.25) is 0 Å². The van der Waals surface area contributed by atoms with Gasteiger partial charge < -0.3 is 5.21 Å². The predicted octanol–water partition coefficient (Wildman–Crippen LogP) is 5.87. The number of allylic oxidation sites excluding steroid dienone is 4. The number of nitrogens with zero attached hydrogens (tertiary/aromatic N) is 2. The van der Waals surface area contributed by atoms with Gasteiger partial charge in [0.15, 0.2) is 0 Å². The highest BCUT2D eigenvalue weighted by Gasteiger charge is 2.57. The summed E-state index contributed by atoms with van der Waals surface area (Å²) in [5, 5.41) is 12.7. The number of hydrogen-bond donors (Lipinski definition) is 1. The zero-order valence-electron chi connectivity index (χ0n) is 16.5. The number of aromatic nitrogens is 1. The van der Waals surface area contributed by atoms with Crippen molar-refractivity contribution in [2.45, 2.75) is 58.8 Å². The van der Waals surface area contributed by atoms with E-state index in [9.17, 15) is 5.21 Å². The molecule has 142 valence electrons. The van der Waals surface area contributed by atoms with Gasteiger partial charge in [-0.1, -0.05) is 36.7 Å². The fraction of sp³-hybridized carbons (Fsp3) is 0.583. The van der Waals surface area contributed by atoms with Crippen LogP contribution in [-0.4, -0.2) is 15.9 Å². The molecule has 27 heavy (non-hydrogen) atoms. The van der Waals surface area contributed by atoms with Crippen LogP contribution >= 0.6 is 0 Å². The number of hydrogen-bond acceptors (Lipinski definition) is 3. The highest BCUT2D eigenvalue weighted by molar-refractivity contribution is 5.96. The molecular formula is C24H30N2O. The molecule has 1 heterocycles. The molecule has 2 saturated carbocycles. The van der Waals surface area contributed by atoms with Crippen molar-refractivity contribution < 1.29 is 5.21 Å². The first-order valence-corrected chi connectivity index (χ1v) is 10.6. The Morgan fingerprint density at radius 1 is 1.11 bits per heavy atom. The quantitative estimate of drug-likeness (QED) is 0.502. The minimum Gasteiger partial charge on any atom is -0.411 e. The molecule has 0 saturated heterocycles. The lowest BCUT2D eigenvalue weighted by molar-refractivity contribution is -0.0190. The molecule has 3 nitrogen and oxygen atoms in total. The van der Waals surface area contributed by atoms with Crippen LogP contribution in [0.15, 0.2) is 47.4 Å². The van der Waals surface area contributed by atoms with Crippen molar-refractivity contribution in [2.24, 2.45) is 33.7 Å². The standard InChI is InChI=1S/C24H30N2O/c1-23-11-9-18(26-27)14-17(23)5-6-19-21-8-7-20(16-4-3-13-25-15-16)24(21,2)12-10-22(19)23/h3-4,7,13-15,19,21-22,27H,5-6,8-12H2,1-2H3/b26-18+/t19-,21+,22+,23+,24-/m1/s1. The van der Waals surface area contributed by atoms with Gasteiger partial charge in [0, 0.05) is 12.4 Å². The van der Waals surface area contributed by atoms with Crippen LogP contribution in [-0.2, 0) is 0 Å². The van der Waals surface area contributed by atoms with Crippen molar-refractivity contribution in [2.75, 3.05) is 0 Å². The molecule has 1 N–H and O–H groups in total. The van der Waals surface area contributed by atoms with Crippen molar-refractivity contribution >= 4 is 11.3 Å². The van der Waals surface area contributed by atoms with Crippen molar-refractivity contribution in [1.82, 2.24) is 4.98 Å². The first kappa shape index (κ1) is 17.2. The number of pyridine rings is 1. The SMILES string of the molecule is C[C@]12CC/C(=N\O)C=C1CC[C@H]1[C@@H]2CC[C@]2(C)C(c3cccnc3)=CC[C@@H]12. The number of oxime groups is 1. The maximum absolute atomic E-state index is 9.22. The van der Waals surface area contributed by atoms with Crippen LogP contribution in [0.4, 0.5) is 0 Å². The summed E-state index contributed by atoms with van der Waals surface area (Å²) >= 11 is 0. The van der Waals surface area contributed by atoms with Crippen molar-refractivity contribution in [3.8, 4) is 0 Å². The van der Waals surface area contributed by atoms with E-state index in [1.165, 1.54) is 37.7 Å². The fourth-order valence-electron chi connectivity index (χ4n) is 7.19. The monoisotopic (exact) mass is 362 g/mol. The highest BCUT2D eigenvalue weighted by Crippen LogP contribution is 2.66. The minimum atomic E-state index is 0.300. The van der Waals surface area contributed by atoms with Crippen LogP contribution in [0.3, 0.4) is 0 Å². The molecule has 0 spiro atoms. The zero-order valence-corrected chi connectivity index (χ0v) is 16.5. The Balaban J connectivity index is 1.47. The highest BCUT2D eigenvalue weighted by atomic mass is 16.4. The Hall–Kier alpha value is -1.90. The molecule has 5 atom stereocenters. The van der Waals surface area contributed by atoms with Crippen LogP contribution < -0.4 is 0 Å². The molecule has 1 aromatic heterocycles. The molecule has 0 bridgehead atoms. The molecule has 0 unspecified atom stereocenters. The van der Waals surface area contributed by atoms with E-state index >= 15 is 0 Å². The van der Waals surface area contributed by atoms with Gasteiger partial charge in [0.2, 0.25) is 0 Å². The maximum atomic E-state index is 9.22. The molecule has 0 radical (unpaired) electrons. The average Bonchev–Trinajstić information content (AvgIpc) is 3.05. The summed E-state index contributed by atoms with van der Waals surface area (Å²) in [4.78, 5) is 4.38. The lowest BCUT2D eigenvalue weighted by Gasteiger charge is -2.58. The van der Waals surface area contributed by atoms with Gasteiger partial charge in [-0.3, -0.25) is 4.98 Å². The molecule has 3 heteroatoms. The van der Waals surface area contributed by atoms with E-state index in [0.29, 0.717) is 10.8 Å². The van der Waals surface area contributed by atoms with Gasteiger partial charge in [-0.15, -0.1) is 0 Å². The first-order chi connectivity index (χ1) is 13.1. The maximum Gasteiger partial charge on any atom is 0.0795 e. The third-order valence-corrected chi connectivity index (χ3v) is 8.66. The van der Waals surface area contributed by atoms with Gasteiger partial charge in [0.25, 0.3) is 0 Å². The molecule has 4 aliphatic rings. The van der Waals surface area contributed by atoms with Crippen LogP contribution in [0.5, 0.6) is 0 Å². The summed E-state index contributed by atoms with van der Waals surface area (Å²) in [5.74, 6) is 2.35. The van der Waals surface area contributed by atoms with Crippen LogP contribution in [0.25, 0.3) is 5.57 Å². The zero-order chi connectivity index (χ0) is 18.6. The lowest BCUT2D eigenvalue weighted by atomic mass is 9.46. The number of fused-ring (bicyclic) bond motifs is 5.